The molecule has 1 unspecified atom stereocenters. The molecule has 2 rings (SSSR count). The third-order valence-corrected chi connectivity index (χ3v) is 3.12. The Labute approximate surface area is 118 Å². The minimum Gasteiger partial charge on any atom is -0.487 e. The van der Waals surface area contributed by atoms with Crippen molar-refractivity contribution in [2.24, 2.45) is 5.73 Å². The van der Waals surface area contributed by atoms with Gasteiger partial charge in [-0.2, -0.15) is 5.10 Å². The van der Waals surface area contributed by atoms with Crippen LogP contribution in [0.1, 0.15) is 36.8 Å². The number of ether oxygens (including phenoxy) is 1. The van der Waals surface area contributed by atoms with Crippen LogP contribution in [0, 0.1) is 12.7 Å². The third-order valence-electron chi connectivity index (χ3n) is 3.12. The summed E-state index contributed by atoms with van der Waals surface area (Å²) in [5, 5.41) is 4.37. The first kappa shape index (κ1) is 14.5. The number of halogens is 1. The summed E-state index contributed by atoms with van der Waals surface area (Å²) >= 11 is 0. The van der Waals surface area contributed by atoms with E-state index < -0.39 is 0 Å². The quantitative estimate of drug-likeness (QED) is 0.914. The van der Waals surface area contributed by atoms with Crippen molar-refractivity contribution in [3.05, 3.63) is 47.0 Å². The van der Waals surface area contributed by atoms with Gasteiger partial charge in [0.15, 0.2) is 0 Å². The summed E-state index contributed by atoms with van der Waals surface area (Å²) in [5.41, 5.74) is 8.47. The fraction of sp³-hybridized carbons (Fsp3) is 0.400. The van der Waals surface area contributed by atoms with Crippen molar-refractivity contribution in [2.75, 3.05) is 0 Å². The molecule has 1 aromatic heterocycles. The predicted molar refractivity (Wildman–Crippen MR) is 76.0 cm³/mol. The van der Waals surface area contributed by atoms with E-state index in [0.29, 0.717) is 17.9 Å². The van der Waals surface area contributed by atoms with Gasteiger partial charge in [0.05, 0.1) is 11.4 Å². The zero-order valence-electron chi connectivity index (χ0n) is 12.1. The van der Waals surface area contributed by atoms with Crippen LogP contribution in [-0.4, -0.2) is 9.78 Å². The Bertz CT molecular complexity index is 593. The second-order valence-corrected chi connectivity index (χ2v) is 4.85. The van der Waals surface area contributed by atoms with Gasteiger partial charge in [0.25, 0.3) is 0 Å². The molecule has 1 atom stereocenters. The lowest BCUT2D eigenvalue weighted by Gasteiger charge is -2.14. The van der Waals surface area contributed by atoms with Crippen molar-refractivity contribution in [3.8, 4) is 5.75 Å². The van der Waals surface area contributed by atoms with E-state index in [1.807, 2.05) is 31.5 Å². The van der Waals surface area contributed by atoms with Gasteiger partial charge in [-0.25, -0.2) is 4.39 Å². The van der Waals surface area contributed by atoms with Crippen molar-refractivity contribution >= 4 is 0 Å². The Morgan fingerprint density at radius 3 is 2.80 bits per heavy atom. The van der Waals surface area contributed by atoms with Gasteiger partial charge < -0.3 is 10.5 Å². The van der Waals surface area contributed by atoms with Crippen molar-refractivity contribution in [3.63, 3.8) is 0 Å². The summed E-state index contributed by atoms with van der Waals surface area (Å²) in [6.45, 7) is 6.96. The van der Waals surface area contributed by atoms with E-state index >= 15 is 0 Å². The van der Waals surface area contributed by atoms with Gasteiger partial charge in [-0.1, -0.05) is 0 Å². The number of hydrogen-bond acceptors (Lipinski definition) is 3. The molecule has 1 heterocycles. The number of benzene rings is 1. The molecule has 2 N–H and O–H groups in total. The van der Waals surface area contributed by atoms with Crippen molar-refractivity contribution in [1.29, 1.82) is 0 Å². The first-order valence-electron chi connectivity index (χ1n) is 6.72. The number of aromatic nitrogens is 2. The van der Waals surface area contributed by atoms with Crippen molar-refractivity contribution < 1.29 is 9.13 Å². The summed E-state index contributed by atoms with van der Waals surface area (Å²) in [6, 6.07) is 6.12. The largest absolute Gasteiger partial charge is 0.487 e. The molecule has 0 saturated heterocycles. The van der Waals surface area contributed by atoms with Crippen molar-refractivity contribution in [2.45, 2.75) is 40.0 Å². The molecule has 20 heavy (non-hydrogen) atoms. The molecule has 108 valence electrons. The fourth-order valence-electron chi connectivity index (χ4n) is 2.15. The average Bonchev–Trinajstić information content (AvgIpc) is 2.77. The van der Waals surface area contributed by atoms with Gasteiger partial charge in [0.1, 0.15) is 18.2 Å². The molecule has 0 amide bonds. The van der Waals surface area contributed by atoms with E-state index in [-0.39, 0.29) is 11.9 Å². The maximum Gasteiger partial charge on any atom is 0.130 e. The topological polar surface area (TPSA) is 53.1 Å². The fourth-order valence-corrected chi connectivity index (χ4v) is 2.15. The maximum absolute atomic E-state index is 13.3. The first-order valence-corrected chi connectivity index (χ1v) is 6.72. The minimum absolute atomic E-state index is 0.279. The van der Waals surface area contributed by atoms with Crippen LogP contribution in [-0.2, 0) is 13.2 Å². The molecular formula is C15H20FN3O. The highest BCUT2D eigenvalue weighted by atomic mass is 19.1. The van der Waals surface area contributed by atoms with E-state index in [2.05, 4.69) is 5.10 Å². The number of nitrogens with zero attached hydrogens (tertiary/aromatic N) is 2. The van der Waals surface area contributed by atoms with Gasteiger partial charge in [-0.05, 0) is 45.0 Å². The zero-order chi connectivity index (χ0) is 14.7. The molecule has 0 spiro atoms. The van der Waals surface area contributed by atoms with Gasteiger partial charge in [-0.15, -0.1) is 0 Å². The third kappa shape index (κ3) is 3.17. The van der Waals surface area contributed by atoms with E-state index in [0.717, 1.165) is 17.9 Å². The van der Waals surface area contributed by atoms with Gasteiger partial charge in [0.2, 0.25) is 0 Å². The molecule has 0 saturated carbocycles. The Morgan fingerprint density at radius 2 is 2.15 bits per heavy atom. The smallest absolute Gasteiger partial charge is 0.130 e. The normalized spacial score (nSPS) is 12.4. The molecule has 1 aromatic carbocycles. The Balaban J connectivity index is 2.18. The van der Waals surface area contributed by atoms with Crippen LogP contribution in [0.5, 0.6) is 5.75 Å². The van der Waals surface area contributed by atoms with Crippen LogP contribution >= 0.6 is 0 Å². The SMILES string of the molecule is CCn1nc(C)cc1COc1ccc(F)cc1C(C)N. The first-order chi connectivity index (χ1) is 9.51. The Kier molecular flexibility index (Phi) is 4.39. The Morgan fingerprint density at radius 1 is 1.40 bits per heavy atom. The lowest BCUT2D eigenvalue weighted by Crippen LogP contribution is -2.10. The molecule has 2 aromatic rings. The molecule has 0 radical (unpaired) electrons. The monoisotopic (exact) mass is 277 g/mol. The summed E-state index contributed by atoms with van der Waals surface area (Å²) < 4.78 is 20.9. The highest BCUT2D eigenvalue weighted by Gasteiger charge is 2.11. The van der Waals surface area contributed by atoms with Crippen LogP contribution in [0.15, 0.2) is 24.3 Å². The Hall–Kier alpha value is -1.88. The summed E-state index contributed by atoms with van der Waals surface area (Å²) in [5.74, 6) is 0.307. The standard InChI is InChI=1S/C15H20FN3O/c1-4-19-13(7-10(2)18-19)9-20-15-6-5-12(16)8-14(15)11(3)17/h5-8,11H,4,9,17H2,1-3H3. The van der Waals surface area contributed by atoms with Gasteiger partial charge in [0, 0.05) is 18.2 Å². The molecular weight excluding hydrogens is 257 g/mol. The maximum atomic E-state index is 13.3. The van der Waals surface area contributed by atoms with Crippen LogP contribution in [0.25, 0.3) is 0 Å². The molecule has 0 bridgehead atoms. The van der Waals surface area contributed by atoms with Gasteiger partial charge in [-0.3, -0.25) is 4.68 Å². The van der Waals surface area contributed by atoms with Crippen molar-refractivity contribution in [1.82, 2.24) is 9.78 Å². The second kappa shape index (κ2) is 6.05. The summed E-state index contributed by atoms with van der Waals surface area (Å²) in [4.78, 5) is 0. The van der Waals surface area contributed by atoms with Gasteiger partial charge >= 0.3 is 0 Å². The number of hydrogen-bond donors (Lipinski definition) is 1. The molecule has 0 fully saturated rings. The van der Waals surface area contributed by atoms with Crippen LogP contribution in [0.4, 0.5) is 4.39 Å². The van der Waals surface area contributed by atoms with E-state index in [4.69, 9.17) is 10.5 Å². The van der Waals surface area contributed by atoms with Crippen LogP contribution in [0.3, 0.4) is 0 Å². The van der Waals surface area contributed by atoms with E-state index in [9.17, 15) is 4.39 Å². The highest BCUT2D eigenvalue weighted by molar-refractivity contribution is 5.36. The zero-order valence-corrected chi connectivity index (χ0v) is 12.1. The summed E-state index contributed by atoms with van der Waals surface area (Å²) in [6.07, 6.45) is 0. The molecule has 0 aliphatic carbocycles. The summed E-state index contributed by atoms with van der Waals surface area (Å²) in [7, 11) is 0. The number of aryl methyl sites for hydroxylation is 2. The second-order valence-electron chi connectivity index (χ2n) is 4.85. The number of nitrogens with two attached hydrogens (primary N) is 1. The molecule has 5 heteroatoms. The molecule has 4 nitrogen and oxygen atoms in total. The highest BCUT2D eigenvalue weighted by Crippen LogP contribution is 2.25. The lowest BCUT2D eigenvalue weighted by atomic mass is 10.1. The number of rotatable bonds is 5. The van der Waals surface area contributed by atoms with E-state index in [1.54, 1.807) is 6.07 Å². The minimum atomic E-state index is -0.306. The molecule has 0 aliphatic heterocycles. The predicted octanol–water partition coefficient (Wildman–Crippen LogP) is 2.95. The van der Waals surface area contributed by atoms with Crippen LogP contribution < -0.4 is 10.5 Å². The molecule has 0 aliphatic rings. The van der Waals surface area contributed by atoms with E-state index in [1.165, 1.54) is 12.1 Å². The average molecular weight is 277 g/mol. The lowest BCUT2D eigenvalue weighted by molar-refractivity contribution is 0.287. The van der Waals surface area contributed by atoms with Crippen LogP contribution in [0.2, 0.25) is 0 Å².